The lowest BCUT2D eigenvalue weighted by atomic mass is 9.77. The van der Waals surface area contributed by atoms with Gasteiger partial charge in [0.2, 0.25) is 0 Å². The van der Waals surface area contributed by atoms with Crippen LogP contribution >= 0.6 is 11.6 Å². The van der Waals surface area contributed by atoms with Crippen molar-refractivity contribution in [1.29, 1.82) is 0 Å². The maximum absolute atomic E-state index is 6.77. The van der Waals surface area contributed by atoms with Crippen LogP contribution in [0.25, 0.3) is 0 Å². The van der Waals surface area contributed by atoms with Crippen molar-refractivity contribution in [2.24, 2.45) is 5.92 Å². The van der Waals surface area contributed by atoms with Gasteiger partial charge in [-0.25, -0.2) is 0 Å². The molecule has 1 heterocycles. The van der Waals surface area contributed by atoms with Gasteiger partial charge >= 0.3 is 0 Å². The Morgan fingerprint density at radius 3 is 2.53 bits per heavy atom. The van der Waals surface area contributed by atoms with E-state index in [-0.39, 0.29) is 5.38 Å². The molecule has 2 heteroatoms. The van der Waals surface area contributed by atoms with Gasteiger partial charge in [-0.2, -0.15) is 0 Å². The second kappa shape index (κ2) is 7.91. The summed E-state index contributed by atoms with van der Waals surface area (Å²) >= 11 is 6.77. The molecule has 1 aliphatic rings. The molecule has 0 spiro atoms. The van der Waals surface area contributed by atoms with Gasteiger partial charge < -0.3 is 5.32 Å². The number of piperidine rings is 1. The molecule has 0 bridgehead atoms. The van der Waals surface area contributed by atoms with Crippen LogP contribution < -0.4 is 5.32 Å². The first kappa shape index (κ1) is 14.9. The van der Waals surface area contributed by atoms with Crippen molar-refractivity contribution >= 4 is 11.6 Å². The Morgan fingerprint density at radius 2 is 1.89 bits per heavy atom. The van der Waals surface area contributed by atoms with Gasteiger partial charge in [0.1, 0.15) is 0 Å². The fraction of sp³-hybridized carbons (Fsp3) is 0.647. The van der Waals surface area contributed by atoms with Crippen LogP contribution in [0.2, 0.25) is 0 Å². The number of rotatable bonds is 6. The summed E-state index contributed by atoms with van der Waals surface area (Å²) in [6, 6.07) is 10.9. The Kier molecular flexibility index (Phi) is 6.19. The zero-order chi connectivity index (χ0) is 13.5. The maximum atomic E-state index is 6.77. The van der Waals surface area contributed by atoms with Gasteiger partial charge in [-0.15, -0.1) is 11.6 Å². The lowest BCUT2D eigenvalue weighted by molar-refractivity contribution is 0.305. The molecule has 0 aliphatic carbocycles. The number of halogens is 1. The molecule has 0 saturated carbocycles. The molecule has 2 unspecified atom stereocenters. The third-order valence-corrected chi connectivity index (χ3v) is 4.79. The van der Waals surface area contributed by atoms with E-state index in [1.54, 1.807) is 0 Å². The summed E-state index contributed by atoms with van der Waals surface area (Å²) < 4.78 is 0. The van der Waals surface area contributed by atoms with Gasteiger partial charge in [-0.05, 0) is 43.8 Å². The van der Waals surface area contributed by atoms with Crippen molar-refractivity contribution in [3.63, 3.8) is 0 Å². The second-order valence-electron chi connectivity index (χ2n) is 5.68. The minimum Gasteiger partial charge on any atom is -0.317 e. The fourth-order valence-electron chi connectivity index (χ4n) is 3.23. The normalized spacial score (nSPS) is 20.1. The van der Waals surface area contributed by atoms with Crippen LogP contribution in [0.1, 0.15) is 50.5 Å². The Hall–Kier alpha value is -0.530. The summed E-state index contributed by atoms with van der Waals surface area (Å²) in [5.41, 5.74) is 1.44. The van der Waals surface area contributed by atoms with Crippen molar-refractivity contribution < 1.29 is 0 Å². The van der Waals surface area contributed by atoms with Gasteiger partial charge in [0.15, 0.2) is 0 Å². The van der Waals surface area contributed by atoms with Gasteiger partial charge in [-0.3, -0.25) is 0 Å². The molecule has 1 N–H and O–H groups in total. The van der Waals surface area contributed by atoms with Crippen molar-refractivity contribution in [2.45, 2.75) is 50.3 Å². The van der Waals surface area contributed by atoms with E-state index in [1.165, 1.54) is 31.2 Å². The maximum Gasteiger partial charge on any atom is 0.0407 e. The molecule has 0 aromatic heterocycles. The van der Waals surface area contributed by atoms with Crippen molar-refractivity contribution in [3.05, 3.63) is 35.9 Å². The van der Waals surface area contributed by atoms with Crippen molar-refractivity contribution in [3.8, 4) is 0 Å². The van der Waals surface area contributed by atoms with E-state index in [4.69, 9.17) is 11.6 Å². The zero-order valence-electron chi connectivity index (χ0n) is 11.9. The third-order valence-electron chi connectivity index (χ3n) is 4.30. The minimum absolute atomic E-state index is 0.283. The topological polar surface area (TPSA) is 12.0 Å². The van der Waals surface area contributed by atoms with E-state index in [2.05, 4.69) is 42.6 Å². The van der Waals surface area contributed by atoms with Crippen LogP contribution in [0.5, 0.6) is 0 Å². The zero-order valence-corrected chi connectivity index (χ0v) is 12.7. The molecule has 1 aromatic carbocycles. The van der Waals surface area contributed by atoms with Crippen LogP contribution in [0.4, 0.5) is 0 Å². The van der Waals surface area contributed by atoms with Crippen LogP contribution in [0, 0.1) is 5.92 Å². The smallest absolute Gasteiger partial charge is 0.0407 e. The SMILES string of the molecule is CCCCC(Cl)C(c1ccccc1)C1CCNCC1. The molecule has 2 atom stereocenters. The van der Waals surface area contributed by atoms with E-state index in [9.17, 15) is 0 Å². The number of alkyl halides is 1. The first-order valence-electron chi connectivity index (χ1n) is 7.72. The van der Waals surface area contributed by atoms with Crippen LogP contribution in [0.15, 0.2) is 30.3 Å². The van der Waals surface area contributed by atoms with Gasteiger partial charge in [-0.1, -0.05) is 50.1 Å². The lowest BCUT2D eigenvalue weighted by Gasteiger charge is -2.34. The molecular weight excluding hydrogens is 254 g/mol. The predicted octanol–water partition coefficient (Wildman–Crippen LogP) is 4.57. The average molecular weight is 280 g/mol. The molecule has 0 amide bonds. The van der Waals surface area contributed by atoms with Crippen LogP contribution in [0.3, 0.4) is 0 Å². The summed E-state index contributed by atoms with van der Waals surface area (Å²) in [4.78, 5) is 0. The molecule has 19 heavy (non-hydrogen) atoms. The number of benzene rings is 1. The first-order chi connectivity index (χ1) is 9.33. The number of nitrogens with one attached hydrogen (secondary N) is 1. The van der Waals surface area contributed by atoms with E-state index < -0.39 is 0 Å². The fourth-order valence-corrected chi connectivity index (χ4v) is 3.74. The monoisotopic (exact) mass is 279 g/mol. The van der Waals surface area contributed by atoms with Gasteiger partial charge in [0.05, 0.1) is 0 Å². The van der Waals surface area contributed by atoms with E-state index in [0.717, 1.165) is 25.4 Å². The first-order valence-corrected chi connectivity index (χ1v) is 8.16. The van der Waals surface area contributed by atoms with Gasteiger partial charge in [0, 0.05) is 11.3 Å². The molecule has 106 valence electrons. The number of hydrogen-bond acceptors (Lipinski definition) is 1. The molecule has 1 aliphatic heterocycles. The summed E-state index contributed by atoms with van der Waals surface area (Å²) in [6.45, 7) is 4.53. The van der Waals surface area contributed by atoms with Crippen molar-refractivity contribution in [1.82, 2.24) is 5.32 Å². The van der Waals surface area contributed by atoms with Crippen LogP contribution in [-0.2, 0) is 0 Å². The highest BCUT2D eigenvalue weighted by atomic mass is 35.5. The van der Waals surface area contributed by atoms with Crippen LogP contribution in [-0.4, -0.2) is 18.5 Å². The molecule has 1 nitrogen and oxygen atoms in total. The van der Waals surface area contributed by atoms with Gasteiger partial charge in [0.25, 0.3) is 0 Å². The summed E-state index contributed by atoms with van der Waals surface area (Å²) in [7, 11) is 0. The molecule has 1 saturated heterocycles. The Labute approximate surface area is 122 Å². The average Bonchev–Trinajstić information content (AvgIpc) is 2.47. The third kappa shape index (κ3) is 4.22. The molecule has 2 rings (SSSR count). The summed E-state index contributed by atoms with van der Waals surface area (Å²) in [5, 5.41) is 3.74. The Morgan fingerprint density at radius 1 is 1.21 bits per heavy atom. The van der Waals surface area contributed by atoms with E-state index in [0.29, 0.717) is 5.92 Å². The number of unbranched alkanes of at least 4 members (excludes halogenated alkanes) is 1. The molecule has 1 aromatic rings. The molecule has 1 fully saturated rings. The quantitative estimate of drug-likeness (QED) is 0.753. The van der Waals surface area contributed by atoms with E-state index in [1.807, 2.05) is 0 Å². The Bertz CT molecular complexity index is 346. The highest BCUT2D eigenvalue weighted by molar-refractivity contribution is 6.21. The summed E-state index contributed by atoms with van der Waals surface area (Å²) in [5.74, 6) is 1.26. The largest absolute Gasteiger partial charge is 0.317 e. The highest BCUT2D eigenvalue weighted by Crippen LogP contribution is 2.38. The van der Waals surface area contributed by atoms with Crippen molar-refractivity contribution in [2.75, 3.05) is 13.1 Å². The predicted molar refractivity (Wildman–Crippen MR) is 83.9 cm³/mol. The summed E-state index contributed by atoms with van der Waals surface area (Å²) in [6.07, 6.45) is 6.13. The number of hydrogen-bond donors (Lipinski definition) is 1. The minimum atomic E-state index is 0.283. The molecular formula is C17H26ClN. The standard InChI is InChI=1S/C17H26ClN/c1-2-3-9-16(18)17(14-7-5-4-6-8-14)15-10-12-19-13-11-15/h4-8,15-17,19H,2-3,9-13H2,1H3. The Balaban J connectivity index is 2.12. The molecule has 0 radical (unpaired) electrons. The second-order valence-corrected chi connectivity index (χ2v) is 6.24. The lowest BCUT2D eigenvalue weighted by Crippen LogP contribution is -2.33. The highest BCUT2D eigenvalue weighted by Gasteiger charge is 2.30. The van der Waals surface area contributed by atoms with E-state index >= 15 is 0 Å².